The molecule has 2 amide bonds. The number of rotatable bonds is 13. The van der Waals surface area contributed by atoms with Crippen LogP contribution in [-0.4, -0.2) is 48.3 Å². The fraction of sp³-hybridized carbons (Fsp3) is 0.235. The van der Waals surface area contributed by atoms with Crippen LogP contribution in [0.3, 0.4) is 0 Å². The van der Waals surface area contributed by atoms with Gasteiger partial charge in [0.2, 0.25) is 21.8 Å². The van der Waals surface area contributed by atoms with E-state index in [1.54, 1.807) is 0 Å². The van der Waals surface area contributed by atoms with Gasteiger partial charge in [-0.25, -0.2) is 8.42 Å². The van der Waals surface area contributed by atoms with Crippen LogP contribution in [0.25, 0.3) is 0 Å². The molecule has 42 heavy (non-hydrogen) atoms. The lowest BCUT2D eigenvalue weighted by Gasteiger charge is -2.33. The van der Waals surface area contributed by atoms with Crippen LogP contribution in [0.5, 0.6) is 0 Å². The molecule has 7 nitrogen and oxygen atoms in total. The zero-order valence-corrected chi connectivity index (χ0v) is 24.8. The van der Waals surface area contributed by atoms with E-state index in [-0.39, 0.29) is 25.4 Å². The molecule has 0 bridgehead atoms. The van der Waals surface area contributed by atoms with Gasteiger partial charge >= 0.3 is 0 Å². The van der Waals surface area contributed by atoms with Crippen LogP contribution in [0.1, 0.15) is 27.8 Å². The molecule has 0 spiro atoms. The molecule has 4 rings (SSSR count). The molecule has 0 unspecified atom stereocenters. The molecule has 0 radical (unpaired) electrons. The zero-order chi connectivity index (χ0) is 30.0. The summed E-state index contributed by atoms with van der Waals surface area (Å²) >= 11 is 0. The normalized spacial score (nSPS) is 12.1. The van der Waals surface area contributed by atoms with E-state index >= 15 is 0 Å². The van der Waals surface area contributed by atoms with E-state index in [4.69, 9.17) is 0 Å². The molecule has 218 valence electrons. The maximum Gasteiger partial charge on any atom is 0.243 e. The molecule has 8 heteroatoms. The molecule has 0 saturated heterocycles. The minimum atomic E-state index is -3.73. The van der Waals surface area contributed by atoms with Gasteiger partial charge in [0.1, 0.15) is 6.04 Å². The summed E-state index contributed by atoms with van der Waals surface area (Å²) < 4.78 is 26.8. The number of amides is 2. The van der Waals surface area contributed by atoms with Crippen molar-refractivity contribution in [2.45, 2.75) is 39.0 Å². The van der Waals surface area contributed by atoms with Crippen molar-refractivity contribution < 1.29 is 18.0 Å². The Morgan fingerprint density at radius 2 is 1.19 bits per heavy atom. The van der Waals surface area contributed by atoms with Crippen molar-refractivity contribution in [3.63, 3.8) is 0 Å². The molecular weight excluding hydrogens is 546 g/mol. The molecule has 1 N–H and O–H groups in total. The number of aryl methyl sites for hydroxylation is 1. The molecule has 1 atom stereocenters. The van der Waals surface area contributed by atoms with Crippen LogP contribution in [0, 0.1) is 6.92 Å². The van der Waals surface area contributed by atoms with E-state index in [1.807, 2.05) is 122 Å². The Labute approximate surface area is 248 Å². The Morgan fingerprint density at radius 1 is 0.690 bits per heavy atom. The average molecular weight is 584 g/mol. The molecule has 4 aromatic carbocycles. The summed E-state index contributed by atoms with van der Waals surface area (Å²) in [4.78, 5) is 29.5. The predicted octanol–water partition coefficient (Wildman–Crippen LogP) is 4.71. The standard InChI is InChI=1S/C34H37N3O4S/c1-27-18-20-29(21-19-27)23-35-34(39)32(22-28-12-6-3-7-13-28)37(25-31-16-10-5-11-17-31)33(38)26-36(42(2,40)41)24-30-14-8-4-9-15-30/h3-21,32H,22-26H2,1-2H3,(H,35,39)/t32-/m1/s1. The number of hydrogen-bond acceptors (Lipinski definition) is 4. The van der Waals surface area contributed by atoms with Crippen LogP contribution in [-0.2, 0) is 45.7 Å². The highest BCUT2D eigenvalue weighted by molar-refractivity contribution is 7.88. The fourth-order valence-electron chi connectivity index (χ4n) is 4.67. The van der Waals surface area contributed by atoms with E-state index in [9.17, 15) is 18.0 Å². The molecular formula is C34H37N3O4S. The number of hydrogen-bond donors (Lipinski definition) is 1. The van der Waals surface area contributed by atoms with Crippen molar-refractivity contribution in [3.05, 3.63) is 143 Å². The van der Waals surface area contributed by atoms with Crippen LogP contribution < -0.4 is 5.32 Å². The number of nitrogens with one attached hydrogen (secondary N) is 1. The minimum absolute atomic E-state index is 0.0492. The van der Waals surface area contributed by atoms with Gasteiger partial charge in [0.15, 0.2) is 0 Å². The monoisotopic (exact) mass is 583 g/mol. The van der Waals surface area contributed by atoms with Gasteiger partial charge in [0, 0.05) is 26.1 Å². The maximum atomic E-state index is 14.1. The van der Waals surface area contributed by atoms with Gasteiger partial charge in [-0.15, -0.1) is 0 Å². The number of sulfonamides is 1. The first kappa shape index (κ1) is 30.7. The second kappa shape index (κ2) is 14.6. The van der Waals surface area contributed by atoms with Crippen LogP contribution in [0.2, 0.25) is 0 Å². The second-order valence-electron chi connectivity index (χ2n) is 10.4. The third-order valence-corrected chi connectivity index (χ3v) is 8.23. The molecule has 4 aromatic rings. The van der Waals surface area contributed by atoms with Gasteiger partial charge in [-0.1, -0.05) is 121 Å². The second-order valence-corrected chi connectivity index (χ2v) is 12.4. The Morgan fingerprint density at radius 3 is 1.71 bits per heavy atom. The molecule has 0 aromatic heterocycles. The van der Waals surface area contributed by atoms with Crippen LogP contribution >= 0.6 is 0 Å². The maximum absolute atomic E-state index is 14.1. The highest BCUT2D eigenvalue weighted by Crippen LogP contribution is 2.17. The number of nitrogens with zero attached hydrogens (tertiary/aromatic N) is 2. The largest absolute Gasteiger partial charge is 0.350 e. The summed E-state index contributed by atoms with van der Waals surface area (Å²) in [5.41, 5.74) is 4.56. The zero-order valence-electron chi connectivity index (χ0n) is 24.0. The Kier molecular flexibility index (Phi) is 10.6. The molecule has 0 aliphatic heterocycles. The summed E-state index contributed by atoms with van der Waals surface area (Å²) in [7, 11) is -3.73. The molecule has 0 aliphatic carbocycles. The third kappa shape index (κ3) is 9.12. The Hall–Kier alpha value is -4.27. The SMILES string of the molecule is Cc1ccc(CNC(=O)[C@@H](Cc2ccccc2)N(Cc2ccccc2)C(=O)CN(Cc2ccccc2)S(C)(=O)=O)cc1. The third-order valence-electron chi connectivity index (χ3n) is 7.04. The van der Waals surface area contributed by atoms with Crippen molar-refractivity contribution in [1.82, 2.24) is 14.5 Å². The van der Waals surface area contributed by atoms with Gasteiger partial charge in [-0.3, -0.25) is 9.59 Å². The minimum Gasteiger partial charge on any atom is -0.350 e. The van der Waals surface area contributed by atoms with E-state index in [1.165, 1.54) is 4.90 Å². The Bertz CT molecular complexity index is 1550. The van der Waals surface area contributed by atoms with E-state index in [0.29, 0.717) is 6.54 Å². The number of carbonyl (C=O) groups is 2. The van der Waals surface area contributed by atoms with E-state index in [2.05, 4.69) is 5.32 Å². The fourth-order valence-corrected chi connectivity index (χ4v) is 5.39. The first-order chi connectivity index (χ1) is 20.2. The first-order valence-corrected chi connectivity index (χ1v) is 15.7. The number of benzene rings is 4. The van der Waals surface area contributed by atoms with Crippen molar-refractivity contribution in [3.8, 4) is 0 Å². The molecule has 0 aliphatic rings. The van der Waals surface area contributed by atoms with E-state index < -0.39 is 28.5 Å². The van der Waals surface area contributed by atoms with Crippen LogP contribution in [0.4, 0.5) is 0 Å². The first-order valence-electron chi connectivity index (χ1n) is 13.9. The van der Waals surface area contributed by atoms with Crippen molar-refractivity contribution in [2.75, 3.05) is 12.8 Å². The smallest absolute Gasteiger partial charge is 0.243 e. The van der Waals surface area contributed by atoms with Gasteiger partial charge in [0.05, 0.1) is 12.8 Å². The van der Waals surface area contributed by atoms with Crippen molar-refractivity contribution in [1.29, 1.82) is 0 Å². The summed E-state index contributed by atoms with van der Waals surface area (Å²) in [6, 6.07) is 35.1. The van der Waals surface area contributed by atoms with Crippen molar-refractivity contribution in [2.24, 2.45) is 0 Å². The summed E-state index contributed by atoms with van der Waals surface area (Å²) in [5, 5.41) is 3.02. The van der Waals surface area contributed by atoms with Gasteiger partial charge in [-0.2, -0.15) is 4.31 Å². The van der Waals surface area contributed by atoms with Crippen LogP contribution in [0.15, 0.2) is 115 Å². The summed E-state index contributed by atoms with van der Waals surface area (Å²) in [5.74, 6) is -0.760. The molecule has 0 fully saturated rings. The lowest BCUT2D eigenvalue weighted by molar-refractivity contribution is -0.141. The summed E-state index contributed by atoms with van der Waals surface area (Å²) in [6.07, 6.45) is 1.37. The van der Waals surface area contributed by atoms with E-state index in [0.717, 1.165) is 38.4 Å². The van der Waals surface area contributed by atoms with Gasteiger partial charge < -0.3 is 10.2 Å². The lowest BCUT2D eigenvalue weighted by atomic mass is 10.0. The Balaban J connectivity index is 1.66. The number of carbonyl (C=O) groups excluding carboxylic acids is 2. The summed E-state index contributed by atoms with van der Waals surface area (Å²) in [6.45, 7) is 2.12. The van der Waals surface area contributed by atoms with Gasteiger partial charge in [-0.05, 0) is 29.2 Å². The average Bonchev–Trinajstić information content (AvgIpc) is 2.99. The topological polar surface area (TPSA) is 86.8 Å². The highest BCUT2D eigenvalue weighted by Gasteiger charge is 2.32. The highest BCUT2D eigenvalue weighted by atomic mass is 32.2. The predicted molar refractivity (Wildman–Crippen MR) is 166 cm³/mol. The molecule has 0 heterocycles. The van der Waals surface area contributed by atoms with Crippen molar-refractivity contribution >= 4 is 21.8 Å². The molecule has 0 saturated carbocycles. The van der Waals surface area contributed by atoms with Gasteiger partial charge in [0.25, 0.3) is 0 Å². The quantitative estimate of drug-likeness (QED) is 0.247. The lowest BCUT2D eigenvalue weighted by Crippen LogP contribution is -2.53.